The Labute approximate surface area is 108 Å². The molecule has 1 aliphatic heterocycles. The number of anilines is 1. The van der Waals surface area contributed by atoms with Crippen molar-refractivity contribution in [3.63, 3.8) is 0 Å². The summed E-state index contributed by atoms with van der Waals surface area (Å²) in [5, 5.41) is 8.95. The van der Waals surface area contributed by atoms with E-state index in [1.807, 2.05) is 0 Å². The Morgan fingerprint density at radius 2 is 2.47 bits per heavy atom. The second kappa shape index (κ2) is 5.64. The number of alkyl halides is 1. The molecule has 0 bridgehead atoms. The third-order valence-electron chi connectivity index (χ3n) is 3.01. The molecule has 19 heavy (non-hydrogen) atoms. The van der Waals surface area contributed by atoms with Crippen LogP contribution in [0.1, 0.15) is 18.2 Å². The first kappa shape index (κ1) is 13.9. The molecular formula is C11H16FN3O4. The van der Waals surface area contributed by atoms with Crippen LogP contribution in [0.25, 0.3) is 0 Å². The Bertz CT molecular complexity index is 507. The van der Waals surface area contributed by atoms with Gasteiger partial charge in [-0.05, 0) is 0 Å². The van der Waals surface area contributed by atoms with Crippen molar-refractivity contribution in [1.29, 1.82) is 0 Å². The van der Waals surface area contributed by atoms with E-state index in [0.717, 1.165) is 0 Å². The number of methoxy groups -OCH3 is 1. The predicted octanol–water partition coefficient (Wildman–Crippen LogP) is -0.410. The second-order valence-corrected chi connectivity index (χ2v) is 4.34. The van der Waals surface area contributed by atoms with Crippen molar-refractivity contribution in [2.24, 2.45) is 0 Å². The number of hydrogen-bond donors (Lipinski definition) is 2. The summed E-state index contributed by atoms with van der Waals surface area (Å²) >= 11 is 0. The summed E-state index contributed by atoms with van der Waals surface area (Å²) in [4.78, 5) is 15.4. The van der Waals surface area contributed by atoms with E-state index in [2.05, 4.69) is 4.98 Å². The number of hydrogen-bond acceptors (Lipinski definition) is 6. The smallest absolute Gasteiger partial charge is 0.351 e. The second-order valence-electron chi connectivity index (χ2n) is 4.34. The average molecular weight is 273 g/mol. The van der Waals surface area contributed by atoms with E-state index in [0.29, 0.717) is 5.56 Å². The van der Waals surface area contributed by atoms with Crippen molar-refractivity contribution in [2.75, 3.05) is 19.5 Å². The van der Waals surface area contributed by atoms with Crippen LogP contribution in [0.3, 0.4) is 0 Å². The lowest BCUT2D eigenvalue weighted by molar-refractivity contribution is -0.0357. The number of nitrogen functional groups attached to an aromatic ring is 1. The third-order valence-corrected chi connectivity index (χ3v) is 3.01. The fraction of sp³-hybridized carbons (Fsp3) is 0.636. The highest BCUT2D eigenvalue weighted by Gasteiger charge is 2.36. The standard InChI is InChI=1S/C11H16FN3O4/c1-18-5-6-3-15(11(17)14-10(6)13)9-2-7(12)8(4-16)19-9/h3,7-9,16H,2,4-5H2,1H3,(H2,13,14,17). The van der Waals surface area contributed by atoms with E-state index in [1.165, 1.54) is 17.9 Å². The molecule has 3 unspecified atom stereocenters. The molecule has 0 spiro atoms. The molecule has 0 saturated carbocycles. The van der Waals surface area contributed by atoms with E-state index in [4.69, 9.17) is 20.3 Å². The highest BCUT2D eigenvalue weighted by molar-refractivity contribution is 5.36. The number of aliphatic hydroxyl groups is 1. The fourth-order valence-corrected chi connectivity index (χ4v) is 2.02. The molecule has 106 valence electrons. The fourth-order valence-electron chi connectivity index (χ4n) is 2.02. The van der Waals surface area contributed by atoms with Crippen LogP contribution in [0.4, 0.5) is 10.2 Å². The molecule has 7 nitrogen and oxygen atoms in total. The maximum absolute atomic E-state index is 13.5. The van der Waals surface area contributed by atoms with Gasteiger partial charge in [-0.25, -0.2) is 9.18 Å². The van der Waals surface area contributed by atoms with Crippen LogP contribution in [0.5, 0.6) is 0 Å². The van der Waals surface area contributed by atoms with Gasteiger partial charge in [-0.3, -0.25) is 4.57 Å². The molecule has 1 saturated heterocycles. The van der Waals surface area contributed by atoms with Crippen LogP contribution in [-0.4, -0.2) is 40.6 Å². The Morgan fingerprint density at radius 1 is 1.74 bits per heavy atom. The summed E-state index contributed by atoms with van der Waals surface area (Å²) in [7, 11) is 1.49. The van der Waals surface area contributed by atoms with Crippen LogP contribution < -0.4 is 11.4 Å². The Balaban J connectivity index is 2.30. The molecule has 2 rings (SSSR count). The van der Waals surface area contributed by atoms with Gasteiger partial charge in [0, 0.05) is 25.3 Å². The summed E-state index contributed by atoms with van der Waals surface area (Å²) in [6.07, 6.45) is -1.58. The zero-order valence-electron chi connectivity index (χ0n) is 10.5. The maximum Gasteiger partial charge on any atom is 0.351 e. The maximum atomic E-state index is 13.5. The van der Waals surface area contributed by atoms with E-state index in [1.54, 1.807) is 0 Å². The van der Waals surface area contributed by atoms with Crippen molar-refractivity contribution < 1.29 is 19.0 Å². The van der Waals surface area contributed by atoms with Gasteiger partial charge in [0.1, 0.15) is 24.3 Å². The van der Waals surface area contributed by atoms with Gasteiger partial charge in [0.25, 0.3) is 0 Å². The van der Waals surface area contributed by atoms with E-state index in [9.17, 15) is 9.18 Å². The first-order chi connectivity index (χ1) is 9.06. The van der Waals surface area contributed by atoms with Crippen molar-refractivity contribution in [3.8, 4) is 0 Å². The first-order valence-electron chi connectivity index (χ1n) is 5.83. The number of aliphatic hydroxyl groups excluding tert-OH is 1. The van der Waals surface area contributed by atoms with Crippen LogP contribution in [0, 0.1) is 0 Å². The Morgan fingerprint density at radius 3 is 3.05 bits per heavy atom. The minimum Gasteiger partial charge on any atom is -0.394 e. The summed E-state index contributed by atoms with van der Waals surface area (Å²) in [5.41, 5.74) is 5.50. The van der Waals surface area contributed by atoms with Gasteiger partial charge in [0.2, 0.25) is 0 Å². The number of ether oxygens (including phenoxy) is 2. The largest absolute Gasteiger partial charge is 0.394 e. The van der Waals surface area contributed by atoms with Gasteiger partial charge in [-0.15, -0.1) is 0 Å². The molecule has 1 fully saturated rings. The van der Waals surface area contributed by atoms with E-state index >= 15 is 0 Å². The van der Waals surface area contributed by atoms with Crippen LogP contribution >= 0.6 is 0 Å². The Kier molecular flexibility index (Phi) is 4.13. The molecule has 0 aliphatic carbocycles. The first-order valence-corrected chi connectivity index (χ1v) is 5.83. The van der Waals surface area contributed by atoms with Gasteiger partial charge >= 0.3 is 5.69 Å². The lowest BCUT2D eigenvalue weighted by Crippen LogP contribution is -2.29. The molecule has 0 amide bonds. The minimum absolute atomic E-state index is 0.0108. The van der Waals surface area contributed by atoms with Crippen LogP contribution in [0.15, 0.2) is 11.0 Å². The van der Waals surface area contributed by atoms with Crippen molar-refractivity contribution in [3.05, 3.63) is 22.2 Å². The van der Waals surface area contributed by atoms with E-state index < -0.39 is 30.8 Å². The lowest BCUT2D eigenvalue weighted by Gasteiger charge is -2.15. The van der Waals surface area contributed by atoms with E-state index in [-0.39, 0.29) is 18.8 Å². The molecule has 1 aromatic heterocycles. The van der Waals surface area contributed by atoms with Gasteiger partial charge < -0.3 is 20.3 Å². The number of rotatable bonds is 4. The Hall–Kier alpha value is -1.51. The third kappa shape index (κ3) is 2.75. The van der Waals surface area contributed by atoms with Crippen molar-refractivity contribution >= 4 is 5.82 Å². The highest BCUT2D eigenvalue weighted by atomic mass is 19.1. The SMILES string of the molecule is COCc1cn(C2CC(F)C(CO)O2)c(=O)nc1N. The van der Waals surface area contributed by atoms with Gasteiger partial charge in [0.05, 0.1) is 13.2 Å². The van der Waals surface area contributed by atoms with Gasteiger partial charge in [-0.2, -0.15) is 4.98 Å². The van der Waals surface area contributed by atoms with Crippen molar-refractivity contribution in [1.82, 2.24) is 9.55 Å². The van der Waals surface area contributed by atoms with Crippen LogP contribution in [0.2, 0.25) is 0 Å². The lowest BCUT2D eigenvalue weighted by atomic mass is 10.2. The minimum atomic E-state index is -1.31. The molecule has 0 radical (unpaired) electrons. The molecule has 8 heteroatoms. The molecule has 2 heterocycles. The molecule has 3 N–H and O–H groups in total. The van der Waals surface area contributed by atoms with Gasteiger partial charge in [0.15, 0.2) is 0 Å². The number of halogens is 1. The van der Waals surface area contributed by atoms with Crippen molar-refractivity contribution in [2.45, 2.75) is 31.5 Å². The normalized spacial score (nSPS) is 26.8. The predicted molar refractivity (Wildman–Crippen MR) is 64.1 cm³/mol. The summed E-state index contributed by atoms with van der Waals surface area (Å²) in [5.74, 6) is 0.0802. The summed E-state index contributed by atoms with van der Waals surface area (Å²) in [6.45, 7) is -0.242. The number of nitrogens with zero attached hydrogens (tertiary/aromatic N) is 2. The quantitative estimate of drug-likeness (QED) is 0.773. The monoisotopic (exact) mass is 273 g/mol. The highest BCUT2D eigenvalue weighted by Crippen LogP contribution is 2.29. The zero-order valence-corrected chi connectivity index (χ0v) is 10.5. The molecule has 1 aromatic rings. The van der Waals surface area contributed by atoms with Gasteiger partial charge in [-0.1, -0.05) is 0 Å². The topological polar surface area (TPSA) is 99.6 Å². The molecular weight excluding hydrogens is 257 g/mol. The summed E-state index contributed by atoms with van der Waals surface area (Å²) < 4.78 is 24.9. The molecule has 3 atom stereocenters. The number of nitrogens with two attached hydrogens (primary N) is 1. The summed E-state index contributed by atoms with van der Waals surface area (Å²) in [6, 6.07) is 0. The molecule has 1 aliphatic rings. The average Bonchev–Trinajstić information content (AvgIpc) is 2.74. The zero-order chi connectivity index (χ0) is 14.0. The van der Waals surface area contributed by atoms with Crippen LogP contribution in [-0.2, 0) is 16.1 Å². The number of aromatic nitrogens is 2. The molecule has 0 aromatic carbocycles.